The molecule has 3 rings (SSSR count). The second-order valence-corrected chi connectivity index (χ2v) is 6.35. The average Bonchev–Trinajstić information content (AvgIpc) is 2.64. The molecule has 4 nitrogen and oxygen atoms in total. The molecule has 0 aliphatic carbocycles. The molecule has 144 valence electrons. The number of hydrogen-bond donors (Lipinski definition) is 1. The number of aryl methyl sites for hydroxylation is 1. The number of anilines is 1. The van der Waals surface area contributed by atoms with Gasteiger partial charge in [-0.1, -0.05) is 30.3 Å². The Morgan fingerprint density at radius 1 is 1.04 bits per heavy atom. The van der Waals surface area contributed by atoms with Gasteiger partial charge in [0.05, 0.1) is 12.1 Å². The van der Waals surface area contributed by atoms with Crippen LogP contribution in [0.5, 0.6) is 0 Å². The molecule has 1 N–H and O–H groups in total. The van der Waals surface area contributed by atoms with Crippen molar-refractivity contribution in [3.8, 4) is 0 Å². The van der Waals surface area contributed by atoms with E-state index in [1.54, 1.807) is 36.4 Å². The predicted molar refractivity (Wildman–Crippen MR) is 100 cm³/mol. The zero-order valence-corrected chi connectivity index (χ0v) is 15.0. The molecule has 0 aliphatic heterocycles. The largest absolute Gasteiger partial charge is 0.417 e. The Labute approximate surface area is 159 Å². The van der Waals surface area contributed by atoms with Crippen LogP contribution in [0, 0.1) is 6.92 Å². The second kappa shape index (κ2) is 7.72. The summed E-state index contributed by atoms with van der Waals surface area (Å²) in [5, 5.41) is 2.80. The van der Waals surface area contributed by atoms with E-state index in [9.17, 15) is 22.8 Å². The highest BCUT2D eigenvalue weighted by atomic mass is 19.4. The molecule has 0 atom stereocenters. The number of carbonyl (C=O) groups is 1. The molecular formula is C21H17F3N2O2. The van der Waals surface area contributed by atoms with Crippen LogP contribution in [0.15, 0.2) is 71.7 Å². The van der Waals surface area contributed by atoms with Gasteiger partial charge >= 0.3 is 6.18 Å². The highest BCUT2D eigenvalue weighted by Crippen LogP contribution is 2.28. The first-order chi connectivity index (χ1) is 13.2. The van der Waals surface area contributed by atoms with E-state index in [1.165, 1.54) is 0 Å². The third-order valence-corrected chi connectivity index (χ3v) is 4.25. The molecule has 7 heteroatoms. The standard InChI is InChI=1S/C21H17F3N2O2/c1-14-5-2-3-8-18(14)25-20(28)16-7-4-6-15(11-16)12-26-13-17(21(22,23)24)9-10-19(26)27/h2-11,13H,12H2,1H3,(H,25,28). The number of benzene rings is 2. The first kappa shape index (κ1) is 19.4. The fourth-order valence-electron chi connectivity index (χ4n) is 2.74. The van der Waals surface area contributed by atoms with Crippen molar-refractivity contribution < 1.29 is 18.0 Å². The van der Waals surface area contributed by atoms with Gasteiger partial charge in [-0.3, -0.25) is 9.59 Å². The molecule has 2 aromatic carbocycles. The maximum Gasteiger partial charge on any atom is 0.417 e. The molecular weight excluding hydrogens is 369 g/mol. The van der Waals surface area contributed by atoms with Gasteiger partial charge in [0, 0.05) is 23.5 Å². The minimum absolute atomic E-state index is 0.0752. The van der Waals surface area contributed by atoms with Gasteiger partial charge in [-0.2, -0.15) is 13.2 Å². The lowest BCUT2D eigenvalue weighted by atomic mass is 10.1. The average molecular weight is 386 g/mol. The first-order valence-electron chi connectivity index (χ1n) is 8.47. The van der Waals surface area contributed by atoms with Crippen LogP contribution in [0.4, 0.5) is 18.9 Å². The van der Waals surface area contributed by atoms with Gasteiger partial charge in [0.1, 0.15) is 0 Å². The Hall–Kier alpha value is -3.35. The van der Waals surface area contributed by atoms with Crippen molar-refractivity contribution >= 4 is 11.6 Å². The van der Waals surface area contributed by atoms with Crippen molar-refractivity contribution in [3.63, 3.8) is 0 Å². The van der Waals surface area contributed by atoms with Crippen LogP contribution in [-0.2, 0) is 12.7 Å². The van der Waals surface area contributed by atoms with Gasteiger partial charge < -0.3 is 9.88 Å². The van der Waals surface area contributed by atoms with E-state index in [-0.39, 0.29) is 12.5 Å². The van der Waals surface area contributed by atoms with Crippen LogP contribution in [0.1, 0.15) is 27.0 Å². The minimum Gasteiger partial charge on any atom is -0.322 e. The van der Waals surface area contributed by atoms with E-state index in [1.807, 2.05) is 19.1 Å². The molecule has 0 saturated carbocycles. The van der Waals surface area contributed by atoms with E-state index >= 15 is 0 Å². The molecule has 0 spiro atoms. The van der Waals surface area contributed by atoms with Gasteiger partial charge in [0.15, 0.2) is 0 Å². The summed E-state index contributed by atoms with van der Waals surface area (Å²) in [4.78, 5) is 24.4. The number of amides is 1. The monoisotopic (exact) mass is 386 g/mol. The van der Waals surface area contributed by atoms with Crippen LogP contribution in [0.25, 0.3) is 0 Å². The van der Waals surface area contributed by atoms with E-state index in [0.29, 0.717) is 16.8 Å². The first-order valence-corrected chi connectivity index (χ1v) is 8.47. The van der Waals surface area contributed by atoms with Gasteiger partial charge in [0.25, 0.3) is 11.5 Å². The number of rotatable bonds is 4. The number of para-hydroxylation sites is 1. The summed E-state index contributed by atoms with van der Waals surface area (Å²) in [5.41, 5.74) is 1.01. The number of alkyl halides is 3. The van der Waals surface area contributed by atoms with Crippen molar-refractivity contribution in [1.29, 1.82) is 0 Å². The summed E-state index contributed by atoms with van der Waals surface area (Å²) < 4.78 is 39.6. The van der Waals surface area contributed by atoms with Crippen molar-refractivity contribution in [2.75, 3.05) is 5.32 Å². The maximum atomic E-state index is 12.9. The summed E-state index contributed by atoms with van der Waals surface area (Å²) in [7, 11) is 0. The fourth-order valence-corrected chi connectivity index (χ4v) is 2.74. The number of aromatic nitrogens is 1. The fraction of sp³-hybridized carbons (Fsp3) is 0.143. The van der Waals surface area contributed by atoms with E-state index in [2.05, 4.69) is 5.32 Å². The van der Waals surface area contributed by atoms with E-state index < -0.39 is 17.3 Å². The summed E-state index contributed by atoms with van der Waals surface area (Å²) in [6.07, 6.45) is -3.76. The van der Waals surface area contributed by atoms with Crippen LogP contribution in [0.3, 0.4) is 0 Å². The van der Waals surface area contributed by atoms with E-state index in [4.69, 9.17) is 0 Å². The summed E-state index contributed by atoms with van der Waals surface area (Å²) >= 11 is 0. The minimum atomic E-state index is -4.54. The smallest absolute Gasteiger partial charge is 0.322 e. The van der Waals surface area contributed by atoms with Crippen LogP contribution in [-0.4, -0.2) is 10.5 Å². The SMILES string of the molecule is Cc1ccccc1NC(=O)c1cccc(Cn2cc(C(F)(F)F)ccc2=O)c1. The van der Waals surface area contributed by atoms with Crippen molar-refractivity contribution in [1.82, 2.24) is 4.57 Å². The van der Waals surface area contributed by atoms with Gasteiger partial charge in [-0.25, -0.2) is 0 Å². The topological polar surface area (TPSA) is 51.1 Å². The van der Waals surface area contributed by atoms with E-state index in [0.717, 1.165) is 28.5 Å². The lowest BCUT2D eigenvalue weighted by molar-refractivity contribution is -0.138. The highest BCUT2D eigenvalue weighted by molar-refractivity contribution is 6.04. The van der Waals surface area contributed by atoms with Crippen LogP contribution >= 0.6 is 0 Å². The van der Waals surface area contributed by atoms with Crippen LogP contribution in [0.2, 0.25) is 0 Å². The molecule has 1 heterocycles. The number of hydrogen-bond acceptors (Lipinski definition) is 2. The highest BCUT2D eigenvalue weighted by Gasteiger charge is 2.31. The quantitative estimate of drug-likeness (QED) is 0.719. The molecule has 1 amide bonds. The number of nitrogens with zero attached hydrogens (tertiary/aromatic N) is 1. The number of nitrogens with one attached hydrogen (secondary N) is 1. The van der Waals surface area contributed by atoms with Crippen molar-refractivity contribution in [2.45, 2.75) is 19.6 Å². The zero-order chi connectivity index (χ0) is 20.3. The molecule has 0 radical (unpaired) electrons. The third-order valence-electron chi connectivity index (χ3n) is 4.25. The molecule has 0 fully saturated rings. The molecule has 28 heavy (non-hydrogen) atoms. The van der Waals surface area contributed by atoms with Crippen molar-refractivity contribution in [3.05, 3.63) is 99.5 Å². The maximum absolute atomic E-state index is 12.9. The Bertz CT molecular complexity index is 1070. The lowest BCUT2D eigenvalue weighted by Crippen LogP contribution is -2.22. The lowest BCUT2D eigenvalue weighted by Gasteiger charge is -2.12. The molecule has 1 aromatic heterocycles. The normalized spacial score (nSPS) is 11.3. The number of pyridine rings is 1. The third kappa shape index (κ3) is 4.49. The van der Waals surface area contributed by atoms with Gasteiger partial charge in [-0.05, 0) is 42.3 Å². The summed E-state index contributed by atoms with van der Waals surface area (Å²) in [6, 6.07) is 15.4. The van der Waals surface area contributed by atoms with Gasteiger partial charge in [0.2, 0.25) is 0 Å². The Balaban J connectivity index is 1.83. The molecule has 3 aromatic rings. The molecule has 0 unspecified atom stereocenters. The summed E-state index contributed by atoms with van der Waals surface area (Å²) in [5.74, 6) is -0.340. The molecule has 0 bridgehead atoms. The van der Waals surface area contributed by atoms with Crippen molar-refractivity contribution in [2.24, 2.45) is 0 Å². The molecule has 0 aliphatic rings. The second-order valence-electron chi connectivity index (χ2n) is 6.35. The molecule has 0 saturated heterocycles. The number of halogens is 3. The zero-order valence-electron chi connectivity index (χ0n) is 15.0. The predicted octanol–water partition coefficient (Wildman–Crippen LogP) is 4.48. The Morgan fingerprint density at radius 3 is 2.50 bits per heavy atom. The van der Waals surface area contributed by atoms with Gasteiger partial charge in [-0.15, -0.1) is 0 Å². The summed E-state index contributed by atoms with van der Waals surface area (Å²) in [6.45, 7) is 1.79. The Morgan fingerprint density at radius 2 is 1.79 bits per heavy atom. The Kier molecular flexibility index (Phi) is 5.35. The number of carbonyl (C=O) groups excluding carboxylic acids is 1. The van der Waals surface area contributed by atoms with Crippen LogP contribution < -0.4 is 10.9 Å².